The number of aromatic amines is 1. The molecule has 2 aliphatic heterocycles. The monoisotopic (exact) mass is 531 g/mol. The standard InChI is InChI=1S/C30H33N3O6/c1-18-13-19(2)31-29(35)28(18)30(36)33-12-11-24-23(16-33)32-27(34)10-8-20-7-9-25(37-3)26(15-20)39-22-6-4-5-21(14-22)17-38-24/h4-7,9,13-15,23-24H,8,10-12,16-17H2,1-3H3,(H,31,35)(H,32,34)/t23-,24+/m0/s1. The molecule has 9 heteroatoms. The Labute approximate surface area is 227 Å². The lowest BCUT2D eigenvalue weighted by Gasteiger charge is -2.39. The molecule has 4 bridgehead atoms. The van der Waals surface area contributed by atoms with Crippen molar-refractivity contribution in [1.82, 2.24) is 15.2 Å². The number of nitrogens with zero attached hydrogens (tertiary/aromatic N) is 1. The Morgan fingerprint density at radius 2 is 1.90 bits per heavy atom. The number of rotatable bonds is 2. The van der Waals surface area contributed by atoms with Crippen LogP contribution in [0.25, 0.3) is 0 Å². The van der Waals surface area contributed by atoms with Crippen molar-refractivity contribution >= 4 is 11.8 Å². The van der Waals surface area contributed by atoms with Crippen LogP contribution in [0.3, 0.4) is 0 Å². The molecule has 9 nitrogen and oxygen atoms in total. The minimum atomic E-state index is -0.420. The summed E-state index contributed by atoms with van der Waals surface area (Å²) >= 11 is 0. The molecule has 204 valence electrons. The van der Waals surface area contributed by atoms with Crippen LogP contribution in [0.15, 0.2) is 53.3 Å². The lowest BCUT2D eigenvalue weighted by molar-refractivity contribution is -0.124. The maximum Gasteiger partial charge on any atom is 0.261 e. The second-order valence-corrected chi connectivity index (χ2v) is 10.1. The maximum atomic E-state index is 13.4. The van der Waals surface area contributed by atoms with Crippen LogP contribution in [0.2, 0.25) is 0 Å². The van der Waals surface area contributed by atoms with Crippen molar-refractivity contribution in [1.29, 1.82) is 0 Å². The molecule has 0 spiro atoms. The van der Waals surface area contributed by atoms with Crippen molar-refractivity contribution in [3.8, 4) is 17.2 Å². The minimum absolute atomic E-state index is 0.135. The van der Waals surface area contributed by atoms with E-state index < -0.39 is 11.6 Å². The van der Waals surface area contributed by atoms with Crippen molar-refractivity contribution in [3.05, 3.63) is 86.8 Å². The SMILES string of the molecule is COc1ccc2cc1Oc1cccc(c1)CO[C@@H]1CCN(C(=O)c3c(C)cc(C)[nH]c3=O)C[C@@H]1NC(=O)CC2. The number of nitrogens with one attached hydrogen (secondary N) is 2. The second kappa shape index (κ2) is 11.3. The number of carbonyl (C=O) groups is 2. The number of benzene rings is 2. The van der Waals surface area contributed by atoms with Gasteiger partial charge in [0.05, 0.1) is 25.9 Å². The molecule has 2 aliphatic rings. The molecule has 0 radical (unpaired) electrons. The average Bonchev–Trinajstić information content (AvgIpc) is 2.90. The smallest absolute Gasteiger partial charge is 0.261 e. The number of fused-ring (bicyclic) bond motifs is 5. The third-order valence-electron chi connectivity index (χ3n) is 7.22. The highest BCUT2D eigenvalue weighted by atomic mass is 16.5. The lowest BCUT2D eigenvalue weighted by Crippen LogP contribution is -2.57. The summed E-state index contributed by atoms with van der Waals surface area (Å²) in [4.78, 5) is 43.4. The summed E-state index contributed by atoms with van der Waals surface area (Å²) in [7, 11) is 1.59. The number of likely N-dealkylation sites (tertiary alicyclic amines) is 1. The molecular weight excluding hydrogens is 498 g/mol. The Morgan fingerprint density at radius 1 is 1.05 bits per heavy atom. The fourth-order valence-electron chi connectivity index (χ4n) is 5.25. The predicted octanol–water partition coefficient (Wildman–Crippen LogP) is 3.65. The first-order valence-electron chi connectivity index (χ1n) is 13.1. The molecular formula is C30H33N3O6. The number of amides is 2. The number of ether oxygens (including phenoxy) is 3. The van der Waals surface area contributed by atoms with Crippen LogP contribution in [0.1, 0.15) is 45.6 Å². The first-order valence-corrected chi connectivity index (χ1v) is 13.1. The molecule has 39 heavy (non-hydrogen) atoms. The Bertz CT molecular complexity index is 1450. The number of piperidine rings is 1. The molecule has 2 amide bonds. The molecule has 0 aliphatic carbocycles. The molecule has 5 rings (SSSR count). The highest BCUT2D eigenvalue weighted by Crippen LogP contribution is 2.33. The van der Waals surface area contributed by atoms with Gasteiger partial charge in [-0.2, -0.15) is 0 Å². The minimum Gasteiger partial charge on any atom is -0.493 e. The quantitative estimate of drug-likeness (QED) is 0.523. The van der Waals surface area contributed by atoms with Gasteiger partial charge in [-0.05, 0) is 73.7 Å². The fraction of sp³-hybridized carbons (Fsp3) is 0.367. The van der Waals surface area contributed by atoms with E-state index in [0.29, 0.717) is 54.5 Å². The number of H-pyrrole nitrogens is 1. The molecule has 2 aromatic carbocycles. The third kappa shape index (κ3) is 5.98. The molecule has 3 aromatic rings. The van der Waals surface area contributed by atoms with Crippen LogP contribution in [-0.2, 0) is 22.6 Å². The number of hydrogen-bond acceptors (Lipinski definition) is 6. The van der Waals surface area contributed by atoms with Crippen molar-refractivity contribution in [2.24, 2.45) is 0 Å². The van der Waals surface area contributed by atoms with Gasteiger partial charge in [-0.3, -0.25) is 14.4 Å². The zero-order chi connectivity index (χ0) is 27.5. The van der Waals surface area contributed by atoms with Crippen LogP contribution in [0.4, 0.5) is 0 Å². The molecule has 3 heterocycles. The topological polar surface area (TPSA) is 110 Å². The van der Waals surface area contributed by atoms with Gasteiger partial charge in [-0.1, -0.05) is 18.2 Å². The van der Waals surface area contributed by atoms with Crippen LogP contribution >= 0.6 is 0 Å². The van der Waals surface area contributed by atoms with Crippen molar-refractivity contribution in [3.63, 3.8) is 0 Å². The fourth-order valence-corrected chi connectivity index (χ4v) is 5.25. The van der Waals surface area contributed by atoms with Crippen LogP contribution in [-0.4, -0.2) is 54.0 Å². The van der Waals surface area contributed by atoms with E-state index in [2.05, 4.69) is 10.3 Å². The van der Waals surface area contributed by atoms with Gasteiger partial charge >= 0.3 is 0 Å². The first-order chi connectivity index (χ1) is 18.8. The van der Waals surface area contributed by atoms with Crippen LogP contribution < -0.4 is 20.3 Å². The normalized spacial score (nSPS) is 19.6. The van der Waals surface area contributed by atoms with Gasteiger partial charge in [-0.25, -0.2) is 0 Å². The summed E-state index contributed by atoms with van der Waals surface area (Å²) in [6.07, 6.45) is 0.984. The van der Waals surface area contributed by atoms with Crippen molar-refractivity contribution in [2.75, 3.05) is 20.2 Å². The zero-order valence-electron chi connectivity index (χ0n) is 22.4. The van der Waals surface area contributed by atoms with E-state index in [1.54, 1.807) is 31.9 Å². The van der Waals surface area contributed by atoms with E-state index in [-0.39, 0.29) is 36.4 Å². The van der Waals surface area contributed by atoms with E-state index in [1.165, 1.54) is 0 Å². The number of hydrogen-bond donors (Lipinski definition) is 2. The number of aromatic nitrogens is 1. The molecule has 0 saturated carbocycles. The van der Waals surface area contributed by atoms with Gasteiger partial charge in [0.15, 0.2) is 11.5 Å². The van der Waals surface area contributed by atoms with Crippen molar-refractivity contribution < 1.29 is 23.8 Å². The van der Waals surface area contributed by atoms with E-state index in [0.717, 1.165) is 11.1 Å². The summed E-state index contributed by atoms with van der Waals surface area (Å²) < 4.78 is 17.9. The number of methoxy groups -OCH3 is 1. The highest BCUT2D eigenvalue weighted by molar-refractivity contribution is 5.95. The van der Waals surface area contributed by atoms with Gasteiger partial charge < -0.3 is 29.4 Å². The molecule has 1 fully saturated rings. The zero-order valence-corrected chi connectivity index (χ0v) is 22.4. The number of pyridine rings is 1. The summed E-state index contributed by atoms with van der Waals surface area (Å²) in [5.74, 6) is 1.36. The Hall–Kier alpha value is -4.11. The summed E-state index contributed by atoms with van der Waals surface area (Å²) in [5, 5.41) is 3.10. The first kappa shape index (κ1) is 26.5. The third-order valence-corrected chi connectivity index (χ3v) is 7.22. The average molecular weight is 532 g/mol. The lowest BCUT2D eigenvalue weighted by atomic mass is 9.99. The largest absolute Gasteiger partial charge is 0.493 e. The van der Waals surface area contributed by atoms with Gasteiger partial charge in [0.25, 0.3) is 11.5 Å². The Kier molecular flexibility index (Phi) is 7.70. The highest BCUT2D eigenvalue weighted by Gasteiger charge is 2.34. The summed E-state index contributed by atoms with van der Waals surface area (Å²) in [6, 6.07) is 14.7. The Balaban J connectivity index is 1.40. The van der Waals surface area contributed by atoms with E-state index in [4.69, 9.17) is 14.2 Å². The van der Waals surface area contributed by atoms with Crippen LogP contribution in [0, 0.1) is 13.8 Å². The van der Waals surface area contributed by atoms with E-state index >= 15 is 0 Å². The molecule has 0 unspecified atom stereocenters. The van der Waals surface area contributed by atoms with Crippen LogP contribution in [0.5, 0.6) is 17.2 Å². The van der Waals surface area contributed by atoms with Gasteiger partial charge in [-0.15, -0.1) is 0 Å². The van der Waals surface area contributed by atoms with Crippen molar-refractivity contribution in [2.45, 2.75) is 51.9 Å². The predicted molar refractivity (Wildman–Crippen MR) is 145 cm³/mol. The summed E-state index contributed by atoms with van der Waals surface area (Å²) in [5.41, 5.74) is 2.93. The van der Waals surface area contributed by atoms with E-state index in [1.807, 2.05) is 42.5 Å². The molecule has 1 saturated heterocycles. The molecule has 2 N–H and O–H groups in total. The molecule has 1 aromatic heterocycles. The second-order valence-electron chi connectivity index (χ2n) is 10.1. The number of aryl methyl sites for hydroxylation is 3. The van der Waals surface area contributed by atoms with Gasteiger partial charge in [0, 0.05) is 25.2 Å². The number of carbonyl (C=O) groups excluding carboxylic acids is 2. The summed E-state index contributed by atoms with van der Waals surface area (Å²) in [6.45, 7) is 4.53. The Morgan fingerprint density at radius 3 is 2.69 bits per heavy atom. The van der Waals surface area contributed by atoms with E-state index in [9.17, 15) is 14.4 Å². The van der Waals surface area contributed by atoms with Gasteiger partial charge in [0.2, 0.25) is 5.91 Å². The molecule has 2 atom stereocenters. The maximum absolute atomic E-state index is 13.4. The van der Waals surface area contributed by atoms with Gasteiger partial charge in [0.1, 0.15) is 11.3 Å².